The molecule has 24 N–H and O–H groups in total. The van der Waals surface area contributed by atoms with Crippen LogP contribution in [0.2, 0.25) is 10.0 Å². The number of hydrogen-bond donors (Lipinski definition) is 20. The lowest BCUT2D eigenvalue weighted by Crippen LogP contribution is -2.37. The monoisotopic (exact) mass is 2070 g/mol. The number of thiazole rings is 4. The summed E-state index contributed by atoms with van der Waals surface area (Å²) in [5.74, 6) is -1.33. The highest BCUT2D eigenvalue weighted by Gasteiger charge is 2.41. The summed E-state index contributed by atoms with van der Waals surface area (Å²) < 4.78 is 11.7. The normalized spacial score (nSPS) is 16.4. The molecule has 0 aliphatic carbocycles. The van der Waals surface area contributed by atoms with E-state index in [0.29, 0.717) is 101 Å². The highest BCUT2D eigenvalue weighted by Crippen LogP contribution is 2.42. The fourth-order valence-electron chi connectivity index (χ4n) is 14.4. The molecular formula is C83H84Cl2N28O17S8. The van der Waals surface area contributed by atoms with E-state index in [4.69, 9.17) is 51.2 Å². The molecule has 14 aromatic rings. The number of pyridine rings is 3. The third-order valence-corrected chi connectivity index (χ3v) is 28.8. The summed E-state index contributed by atoms with van der Waals surface area (Å²) in [5, 5.41) is 95.6. The number of nitrogens with zero attached hydrogens (tertiary/aromatic N) is 16. The molecule has 0 radical (unpaired) electrons. The van der Waals surface area contributed by atoms with Crippen molar-refractivity contribution in [2.24, 2.45) is 42.9 Å². The summed E-state index contributed by atoms with van der Waals surface area (Å²) in [6.07, 6.45) is 7.22. The van der Waals surface area contributed by atoms with Crippen LogP contribution in [0.1, 0.15) is 134 Å². The van der Waals surface area contributed by atoms with Gasteiger partial charge in [0.15, 0.2) is 26.8 Å². The van der Waals surface area contributed by atoms with E-state index >= 15 is 0 Å². The SMILES string of the molecule is CC(CO)N=C(N)c1c(Nc2ncc(C(=O)N3c4cccc(Cl)c4CC3O)s2)s[nH]c1=O.CC(CO)N=C(N)c1c(Nc2ncc(C(=O)N3c4nc5ccccc5cc4CC3O)s2)s[nH]c1=O.CC(CO)N=C(N)c1c(Nc2ncc(C(=O)n3ccc4c(C(=O)N5CCCC5)cncc43)s2)s[nH]c1=O.Cc1nc(Nc2s[nH]c(=O)c2C(N)=NC(O)C(C)O)sc1C(=O)N1c2nccc(Cl)c2CC1O. The maximum Gasteiger partial charge on any atom is 0.274 e. The Morgan fingerprint density at radius 2 is 0.978 bits per heavy atom. The molecule has 720 valence electrons. The maximum absolute atomic E-state index is 13.3. The molecule has 8 unspecified atom stereocenters. The first kappa shape index (κ1) is 99.3. The first-order valence-corrected chi connectivity index (χ1v) is 48.8. The molecule has 8 atom stereocenters. The average molecular weight is 2070 g/mol. The Kier molecular flexibility index (Phi) is 30.8. The molecule has 0 spiro atoms. The van der Waals surface area contributed by atoms with Crippen LogP contribution in [-0.4, -0.2) is 238 Å². The lowest BCUT2D eigenvalue weighted by atomic mass is 10.1. The van der Waals surface area contributed by atoms with Crippen LogP contribution in [0.3, 0.4) is 0 Å². The average Bonchev–Trinajstić information content (AvgIpc) is 1.62. The molecule has 1 fully saturated rings. The van der Waals surface area contributed by atoms with Gasteiger partial charge in [0.1, 0.15) is 115 Å². The number of nitrogens with one attached hydrogen (secondary N) is 8. The number of rotatable bonds is 25. The quantitative estimate of drug-likeness (QED) is 0.0211. The van der Waals surface area contributed by atoms with Crippen molar-refractivity contribution in [2.45, 2.75) is 116 Å². The Hall–Kier alpha value is -13.2. The van der Waals surface area contributed by atoms with Gasteiger partial charge in [-0.2, -0.15) is 0 Å². The summed E-state index contributed by atoms with van der Waals surface area (Å²) in [6, 6.07) is 16.6. The topological polar surface area (TPSA) is 688 Å². The van der Waals surface area contributed by atoms with Crippen molar-refractivity contribution in [3.63, 3.8) is 0 Å². The highest BCUT2D eigenvalue weighted by atomic mass is 35.5. The van der Waals surface area contributed by atoms with Crippen molar-refractivity contribution in [1.29, 1.82) is 0 Å². The number of benzene rings is 2. The minimum Gasteiger partial charge on any atom is -0.394 e. The van der Waals surface area contributed by atoms with E-state index in [2.05, 4.69) is 93.6 Å². The molecule has 16 heterocycles. The number of aromatic amines is 4. The van der Waals surface area contributed by atoms with E-state index in [-0.39, 0.29) is 116 Å². The second kappa shape index (κ2) is 42.8. The number of anilines is 11. The number of aromatic nitrogens is 12. The predicted octanol–water partition coefficient (Wildman–Crippen LogP) is 6.61. The third-order valence-electron chi connectivity index (χ3n) is 21.2. The van der Waals surface area contributed by atoms with E-state index < -0.39 is 89.1 Å². The molecule has 45 nitrogen and oxygen atoms in total. The fraction of sp³-hybridized carbons (Fsp3) is 0.277. The number of carbonyl (C=O) groups excluding carboxylic acids is 5. The zero-order chi connectivity index (χ0) is 98.5. The van der Waals surface area contributed by atoms with Crippen molar-refractivity contribution in [2.75, 3.05) is 68.9 Å². The zero-order valence-electron chi connectivity index (χ0n) is 72.7. The molecule has 12 aromatic heterocycles. The van der Waals surface area contributed by atoms with E-state index in [1.807, 2.05) is 35.2 Å². The third kappa shape index (κ3) is 21.3. The van der Waals surface area contributed by atoms with Crippen molar-refractivity contribution in [3.05, 3.63) is 225 Å². The van der Waals surface area contributed by atoms with Crippen LogP contribution in [0.25, 0.3) is 21.8 Å². The number of hydrogen-bond acceptors (Lipinski definition) is 40. The van der Waals surface area contributed by atoms with Crippen LogP contribution in [0.5, 0.6) is 0 Å². The van der Waals surface area contributed by atoms with Crippen LogP contribution in [-0.2, 0) is 19.3 Å². The molecule has 1 saturated heterocycles. The van der Waals surface area contributed by atoms with Gasteiger partial charge < -0.3 is 90.0 Å². The Balaban J connectivity index is 0.000000140. The Morgan fingerprint density at radius 1 is 0.514 bits per heavy atom. The molecule has 18 rings (SSSR count). The Morgan fingerprint density at radius 3 is 1.50 bits per heavy atom. The molecular weight excluding hydrogens is 1990 g/mol. The van der Waals surface area contributed by atoms with Crippen LogP contribution in [0.15, 0.2) is 143 Å². The molecule has 4 aliphatic heterocycles. The number of fused-ring (bicyclic) bond motifs is 5. The van der Waals surface area contributed by atoms with Crippen LogP contribution in [0.4, 0.5) is 57.9 Å². The van der Waals surface area contributed by atoms with Crippen LogP contribution < -0.4 is 81.1 Å². The number of likely N-dealkylation sites (tertiary alicyclic amines) is 1. The number of aliphatic hydroxyl groups is 8. The van der Waals surface area contributed by atoms with Gasteiger partial charge in [0.2, 0.25) is 0 Å². The number of aryl methyl sites for hydroxylation is 1. The fourth-order valence-corrected chi connectivity index (χ4v) is 21.3. The standard InChI is InChI=1S/C23H24N8O4S2.C22H21N7O4S2.C19H20ClN7O5S2.C19H19ClN6O4S2/c1-12(11-32)27-18(24)17-19(33)29-37-20(17)28-23-26-10-16(36-23)22(35)31-7-4-13-14(8-25-9-15(13)31)21(34)30-5-2-3-6-30;1-10(9-30)25-17(23)16-19(32)28-35-20(16)27-22-24-8-14(34-22)21(33)29-15(31)7-12-6-11-4-2-3-5-13(11)26-18(12)29;1-6-12(18(32)27-10(29)5-8-9(20)3-4-22-14(8)27)33-19(23-6)25-17-11(16(31)26-34-17)13(21)24-15(30)7(2)28;1-8(7-27)23-15(21)14-16(29)25-32-17(14)24-19-22-6-12(31-19)18(30)26-11-4-2-3-10(20)9(11)5-13(26)28/h4,7-10,12,32H,2-3,5-6,11H2,1H3,(H2,24,27)(H,26,28)(H,29,33);2-6,8,10,15,30-31H,7,9H2,1H3,(H2,23,25)(H,24,27)(H,28,32);3-4,7,10,15,28-30H,5H2,1-2H3,(H2,21,24)(H,23,25)(H,26,31);2-4,6,8,13,27-28H,5,7H2,1H3,(H2,21,23)(H,22,24)(H,25,29). The number of amides is 4. The first-order valence-electron chi connectivity index (χ1n) is 41.6. The summed E-state index contributed by atoms with van der Waals surface area (Å²) in [7, 11) is 0. The predicted molar refractivity (Wildman–Crippen MR) is 533 cm³/mol. The van der Waals surface area contributed by atoms with E-state index in [1.54, 1.807) is 76.6 Å². The number of halogens is 2. The molecule has 138 heavy (non-hydrogen) atoms. The minimum absolute atomic E-state index is 0.00926. The van der Waals surface area contributed by atoms with Gasteiger partial charge in [-0.15, -0.1) is 0 Å². The molecule has 4 amide bonds. The summed E-state index contributed by atoms with van der Waals surface area (Å²) in [5.41, 5.74) is 27.2. The number of carbonyl (C=O) groups is 5. The lowest BCUT2D eigenvalue weighted by Gasteiger charge is -2.20. The molecule has 0 bridgehead atoms. The van der Waals surface area contributed by atoms with Gasteiger partial charge in [0.05, 0.1) is 96.8 Å². The second-order valence-corrected chi connectivity index (χ2v) is 39.1. The minimum atomic E-state index is -1.50. The van der Waals surface area contributed by atoms with Gasteiger partial charge >= 0.3 is 0 Å². The summed E-state index contributed by atoms with van der Waals surface area (Å²) >= 11 is 20.6. The number of amidine groups is 4. The summed E-state index contributed by atoms with van der Waals surface area (Å²) in [6.45, 7) is 8.79. The smallest absolute Gasteiger partial charge is 0.274 e. The van der Waals surface area contributed by atoms with Crippen molar-refractivity contribution in [1.82, 2.24) is 61.8 Å². The number of nitrogens with two attached hydrogens (primary N) is 4. The van der Waals surface area contributed by atoms with E-state index in [0.717, 1.165) is 134 Å². The van der Waals surface area contributed by atoms with Gasteiger partial charge in [-0.1, -0.05) is 92.8 Å². The Bertz CT molecular complexity index is 7360. The number of H-pyrrole nitrogens is 4. The largest absolute Gasteiger partial charge is 0.394 e. The second-order valence-electron chi connectivity index (χ2n) is 31.0. The number of para-hydroxylation sites is 1. The number of aliphatic imine (C=N–C) groups is 4. The summed E-state index contributed by atoms with van der Waals surface area (Å²) in [4.78, 5) is 168. The van der Waals surface area contributed by atoms with Gasteiger partial charge in [-0.25, -0.2) is 34.9 Å². The van der Waals surface area contributed by atoms with Gasteiger partial charge in [-0.3, -0.25) is 99.9 Å². The van der Waals surface area contributed by atoms with Crippen molar-refractivity contribution in [3.8, 4) is 0 Å². The van der Waals surface area contributed by atoms with E-state index in [1.165, 1.54) is 51.0 Å². The maximum atomic E-state index is 13.3. The van der Waals surface area contributed by atoms with Crippen molar-refractivity contribution >= 4 is 247 Å². The van der Waals surface area contributed by atoms with Gasteiger partial charge in [0, 0.05) is 82.9 Å². The lowest BCUT2D eigenvalue weighted by molar-refractivity contribution is 0.0376. The Labute approximate surface area is 820 Å². The van der Waals surface area contributed by atoms with Gasteiger partial charge in [0.25, 0.3) is 51.8 Å². The molecule has 55 heteroatoms. The molecule has 2 aromatic carbocycles. The van der Waals surface area contributed by atoms with Crippen LogP contribution >= 0.6 is 115 Å². The highest BCUT2D eigenvalue weighted by molar-refractivity contribution is 7.20. The zero-order valence-corrected chi connectivity index (χ0v) is 80.8. The van der Waals surface area contributed by atoms with Crippen molar-refractivity contribution < 1.29 is 64.8 Å². The molecule has 4 aliphatic rings. The van der Waals surface area contributed by atoms with E-state index in [9.17, 15) is 78.9 Å². The number of aliphatic hydroxyl groups excluding tert-OH is 8. The first-order chi connectivity index (χ1) is 66.1. The van der Waals surface area contributed by atoms with Gasteiger partial charge in [-0.05, 0) is 136 Å². The molecule has 0 saturated carbocycles. The van der Waals surface area contributed by atoms with Crippen LogP contribution in [0, 0.1) is 6.92 Å².